The predicted molar refractivity (Wildman–Crippen MR) is 90.4 cm³/mol. The van der Waals surface area contributed by atoms with Gasteiger partial charge in [0.1, 0.15) is 12.2 Å². The van der Waals surface area contributed by atoms with Crippen LogP contribution in [-0.4, -0.2) is 70.4 Å². The number of hydrogen-bond acceptors (Lipinski definition) is 5. The van der Waals surface area contributed by atoms with Gasteiger partial charge in [0.15, 0.2) is 0 Å². The lowest BCUT2D eigenvalue weighted by Gasteiger charge is -2.39. The highest BCUT2D eigenvalue weighted by molar-refractivity contribution is 5.84. The van der Waals surface area contributed by atoms with Crippen LogP contribution in [0.25, 0.3) is 0 Å². The summed E-state index contributed by atoms with van der Waals surface area (Å²) in [5, 5.41) is 8.32. The van der Waals surface area contributed by atoms with Crippen molar-refractivity contribution < 1.29 is 9.53 Å². The second-order valence-electron chi connectivity index (χ2n) is 7.38. The summed E-state index contributed by atoms with van der Waals surface area (Å²) in [6.45, 7) is 9.01. The molecule has 0 unspecified atom stereocenters. The molecular formula is C17H29N5O2. The fourth-order valence-electron chi connectivity index (χ4n) is 4.05. The average Bonchev–Trinajstić information content (AvgIpc) is 3.17. The smallest absolute Gasteiger partial charge is 0.230 e. The van der Waals surface area contributed by atoms with E-state index in [4.69, 9.17) is 4.74 Å². The van der Waals surface area contributed by atoms with Gasteiger partial charge in [-0.2, -0.15) is 0 Å². The van der Waals surface area contributed by atoms with Gasteiger partial charge in [0.2, 0.25) is 5.91 Å². The Hall–Kier alpha value is -1.47. The summed E-state index contributed by atoms with van der Waals surface area (Å²) in [6, 6.07) is 0.354. The molecule has 0 saturated carbocycles. The minimum Gasteiger partial charge on any atom is -0.383 e. The van der Waals surface area contributed by atoms with Gasteiger partial charge in [-0.15, -0.1) is 10.2 Å². The fourth-order valence-corrected chi connectivity index (χ4v) is 4.05. The van der Waals surface area contributed by atoms with Crippen molar-refractivity contribution in [3.63, 3.8) is 0 Å². The molecule has 7 nitrogen and oxygen atoms in total. The second kappa shape index (κ2) is 7.19. The summed E-state index contributed by atoms with van der Waals surface area (Å²) in [6.07, 6.45) is 4.84. The van der Waals surface area contributed by atoms with Crippen molar-refractivity contribution in [3.8, 4) is 0 Å². The maximum atomic E-state index is 13.0. The van der Waals surface area contributed by atoms with Crippen LogP contribution < -0.4 is 0 Å². The van der Waals surface area contributed by atoms with E-state index in [0.29, 0.717) is 25.1 Å². The Morgan fingerprint density at radius 2 is 2.17 bits per heavy atom. The van der Waals surface area contributed by atoms with E-state index in [9.17, 15) is 4.79 Å². The quantitative estimate of drug-likeness (QED) is 0.784. The Bertz CT molecular complexity index is 573. The Morgan fingerprint density at radius 3 is 2.92 bits per heavy atom. The molecule has 2 aliphatic heterocycles. The van der Waals surface area contributed by atoms with Gasteiger partial charge < -0.3 is 14.2 Å². The standard InChI is InChI=1S/C17H29N5O2/c1-14(2)22-13-18-19-15(22)11-20-8-6-17(12-20)5-4-7-21(16(17)23)9-10-24-3/h13-14H,4-12H2,1-3H3/t17-/m1/s1. The van der Waals surface area contributed by atoms with E-state index in [2.05, 4.69) is 33.5 Å². The van der Waals surface area contributed by atoms with E-state index in [1.54, 1.807) is 13.4 Å². The summed E-state index contributed by atoms with van der Waals surface area (Å²) in [5.41, 5.74) is -0.200. The summed E-state index contributed by atoms with van der Waals surface area (Å²) < 4.78 is 7.26. The van der Waals surface area contributed by atoms with Gasteiger partial charge in [-0.3, -0.25) is 9.69 Å². The molecule has 24 heavy (non-hydrogen) atoms. The Balaban J connectivity index is 1.65. The molecule has 134 valence electrons. The molecule has 0 aliphatic carbocycles. The summed E-state index contributed by atoms with van der Waals surface area (Å²) in [5.74, 6) is 1.31. The van der Waals surface area contributed by atoms with Crippen molar-refractivity contribution in [2.45, 2.75) is 45.7 Å². The van der Waals surface area contributed by atoms with Gasteiger partial charge in [0, 0.05) is 32.8 Å². The van der Waals surface area contributed by atoms with Crippen LogP contribution in [-0.2, 0) is 16.1 Å². The number of ether oxygens (including phenoxy) is 1. The molecule has 2 aliphatic rings. The first-order chi connectivity index (χ1) is 11.6. The minimum atomic E-state index is -0.200. The molecule has 0 bridgehead atoms. The Kier molecular flexibility index (Phi) is 5.20. The number of rotatable bonds is 6. The van der Waals surface area contributed by atoms with Crippen molar-refractivity contribution in [1.29, 1.82) is 0 Å². The van der Waals surface area contributed by atoms with Crippen molar-refractivity contribution in [2.75, 3.05) is 39.9 Å². The van der Waals surface area contributed by atoms with Crippen LogP contribution in [0.3, 0.4) is 0 Å². The molecule has 0 radical (unpaired) electrons. The first kappa shape index (κ1) is 17.4. The SMILES string of the molecule is COCCN1CCC[C@]2(CCN(Cc3nncn3C(C)C)C2)C1=O. The van der Waals surface area contributed by atoms with Crippen LogP contribution in [0, 0.1) is 5.41 Å². The zero-order valence-electron chi connectivity index (χ0n) is 15.1. The number of methoxy groups -OCH3 is 1. The molecule has 3 heterocycles. The van der Waals surface area contributed by atoms with Gasteiger partial charge >= 0.3 is 0 Å². The first-order valence-corrected chi connectivity index (χ1v) is 8.95. The topological polar surface area (TPSA) is 63.5 Å². The van der Waals surface area contributed by atoms with Crippen molar-refractivity contribution in [3.05, 3.63) is 12.2 Å². The lowest BCUT2D eigenvalue weighted by molar-refractivity contribution is -0.146. The van der Waals surface area contributed by atoms with Crippen LogP contribution in [0.15, 0.2) is 6.33 Å². The highest BCUT2D eigenvalue weighted by atomic mass is 16.5. The molecule has 7 heteroatoms. The molecule has 2 fully saturated rings. The van der Waals surface area contributed by atoms with E-state index < -0.39 is 0 Å². The fraction of sp³-hybridized carbons (Fsp3) is 0.824. The third kappa shape index (κ3) is 3.32. The lowest BCUT2D eigenvalue weighted by atomic mass is 9.78. The largest absolute Gasteiger partial charge is 0.383 e. The van der Waals surface area contributed by atoms with Crippen molar-refractivity contribution >= 4 is 5.91 Å². The van der Waals surface area contributed by atoms with Gasteiger partial charge in [-0.1, -0.05) is 0 Å². The number of aromatic nitrogens is 3. The van der Waals surface area contributed by atoms with E-state index in [-0.39, 0.29) is 5.41 Å². The monoisotopic (exact) mass is 335 g/mol. The van der Waals surface area contributed by atoms with Gasteiger partial charge in [-0.05, 0) is 39.7 Å². The molecule has 1 spiro atoms. The molecule has 1 amide bonds. The highest BCUT2D eigenvalue weighted by Gasteiger charge is 2.48. The highest BCUT2D eigenvalue weighted by Crippen LogP contribution is 2.40. The molecule has 0 aromatic carbocycles. The lowest BCUT2D eigenvalue weighted by Crippen LogP contribution is -2.50. The number of carbonyl (C=O) groups is 1. The van der Waals surface area contributed by atoms with Crippen LogP contribution in [0.1, 0.15) is 45.0 Å². The molecule has 1 atom stereocenters. The number of piperidine rings is 1. The van der Waals surface area contributed by atoms with Crippen LogP contribution in [0.2, 0.25) is 0 Å². The van der Waals surface area contributed by atoms with E-state index >= 15 is 0 Å². The maximum absolute atomic E-state index is 13.0. The van der Waals surface area contributed by atoms with Crippen LogP contribution in [0.4, 0.5) is 0 Å². The van der Waals surface area contributed by atoms with Crippen LogP contribution in [0.5, 0.6) is 0 Å². The van der Waals surface area contributed by atoms with Crippen molar-refractivity contribution in [2.24, 2.45) is 5.41 Å². The second-order valence-corrected chi connectivity index (χ2v) is 7.38. The normalized spacial score (nSPS) is 25.3. The van der Waals surface area contributed by atoms with Crippen LogP contribution >= 0.6 is 0 Å². The summed E-state index contributed by atoms with van der Waals surface area (Å²) in [4.78, 5) is 17.3. The molecule has 0 N–H and O–H groups in total. The predicted octanol–water partition coefficient (Wildman–Crippen LogP) is 1.32. The summed E-state index contributed by atoms with van der Waals surface area (Å²) in [7, 11) is 1.69. The molecule has 2 saturated heterocycles. The van der Waals surface area contributed by atoms with Gasteiger partial charge in [0.05, 0.1) is 18.6 Å². The minimum absolute atomic E-state index is 0.200. The van der Waals surface area contributed by atoms with E-state index in [1.807, 2.05) is 4.90 Å². The zero-order chi connectivity index (χ0) is 17.2. The van der Waals surface area contributed by atoms with E-state index in [0.717, 1.165) is 51.3 Å². The number of likely N-dealkylation sites (tertiary alicyclic amines) is 2. The number of nitrogens with zero attached hydrogens (tertiary/aromatic N) is 5. The first-order valence-electron chi connectivity index (χ1n) is 8.95. The van der Waals surface area contributed by atoms with Crippen molar-refractivity contribution in [1.82, 2.24) is 24.6 Å². The van der Waals surface area contributed by atoms with Gasteiger partial charge in [0.25, 0.3) is 0 Å². The Morgan fingerprint density at radius 1 is 1.33 bits per heavy atom. The number of amides is 1. The average molecular weight is 335 g/mol. The third-order valence-electron chi connectivity index (χ3n) is 5.39. The zero-order valence-corrected chi connectivity index (χ0v) is 15.1. The molecule has 1 aromatic heterocycles. The van der Waals surface area contributed by atoms with Gasteiger partial charge in [-0.25, -0.2) is 0 Å². The number of hydrogen-bond donors (Lipinski definition) is 0. The third-order valence-corrected chi connectivity index (χ3v) is 5.39. The molecule has 3 rings (SSSR count). The molecule has 1 aromatic rings. The number of carbonyl (C=O) groups excluding carboxylic acids is 1. The Labute approximate surface area is 144 Å². The summed E-state index contributed by atoms with van der Waals surface area (Å²) >= 11 is 0. The molecular weight excluding hydrogens is 306 g/mol. The maximum Gasteiger partial charge on any atom is 0.230 e. The van der Waals surface area contributed by atoms with E-state index in [1.165, 1.54) is 0 Å².